The molecular weight excluding hydrogens is 316 g/mol. The summed E-state index contributed by atoms with van der Waals surface area (Å²) in [5.41, 5.74) is 0.955. The summed E-state index contributed by atoms with van der Waals surface area (Å²) >= 11 is 0. The minimum atomic E-state index is 0.114. The van der Waals surface area contributed by atoms with Crippen molar-refractivity contribution in [3.63, 3.8) is 0 Å². The van der Waals surface area contributed by atoms with Gasteiger partial charge in [-0.1, -0.05) is 18.2 Å². The van der Waals surface area contributed by atoms with Gasteiger partial charge in [0.1, 0.15) is 12.7 Å². The second-order valence-corrected chi connectivity index (χ2v) is 6.61. The van der Waals surface area contributed by atoms with Crippen molar-refractivity contribution in [1.82, 2.24) is 29.9 Å². The predicted molar refractivity (Wildman–Crippen MR) is 92.5 cm³/mol. The van der Waals surface area contributed by atoms with Gasteiger partial charge in [-0.05, 0) is 44.4 Å². The van der Waals surface area contributed by atoms with Crippen molar-refractivity contribution in [2.75, 3.05) is 13.1 Å². The molecule has 1 saturated heterocycles. The second-order valence-electron chi connectivity index (χ2n) is 6.61. The highest BCUT2D eigenvalue weighted by atomic mass is 16.4. The van der Waals surface area contributed by atoms with E-state index in [1.807, 2.05) is 35.0 Å². The predicted octanol–water partition coefficient (Wildman–Crippen LogP) is 2.80. The summed E-state index contributed by atoms with van der Waals surface area (Å²) in [5.74, 6) is 1.83. The number of piperidine rings is 1. The molecule has 7 heteroatoms. The van der Waals surface area contributed by atoms with E-state index in [0.29, 0.717) is 17.7 Å². The average molecular weight is 338 g/mol. The third kappa shape index (κ3) is 3.61. The minimum absolute atomic E-state index is 0.114. The molecule has 130 valence electrons. The van der Waals surface area contributed by atoms with Gasteiger partial charge in [0.2, 0.25) is 11.8 Å². The molecule has 4 rings (SSSR count). The van der Waals surface area contributed by atoms with Crippen LogP contribution in [0.15, 0.2) is 47.4 Å². The van der Waals surface area contributed by atoms with Crippen molar-refractivity contribution in [3.05, 3.63) is 48.9 Å². The molecule has 2 atom stereocenters. The van der Waals surface area contributed by atoms with E-state index >= 15 is 0 Å². The SMILES string of the molecule is C[C@H](c1nnc(-c2ccccc2)o1)N1CCC[C@@H](Cn2cncn2)C1. The molecule has 1 aliphatic heterocycles. The van der Waals surface area contributed by atoms with Crippen LogP contribution < -0.4 is 0 Å². The topological polar surface area (TPSA) is 72.9 Å². The molecule has 0 saturated carbocycles. The zero-order chi connectivity index (χ0) is 17.1. The number of nitrogens with zero attached hydrogens (tertiary/aromatic N) is 6. The summed E-state index contributed by atoms with van der Waals surface area (Å²) < 4.78 is 7.85. The molecule has 2 aromatic heterocycles. The van der Waals surface area contributed by atoms with Gasteiger partial charge in [0.15, 0.2) is 0 Å². The highest BCUT2D eigenvalue weighted by molar-refractivity contribution is 5.51. The van der Waals surface area contributed by atoms with E-state index in [0.717, 1.165) is 25.2 Å². The monoisotopic (exact) mass is 338 g/mol. The number of hydrogen-bond donors (Lipinski definition) is 0. The van der Waals surface area contributed by atoms with Crippen LogP contribution in [0, 0.1) is 5.92 Å². The Balaban J connectivity index is 1.43. The van der Waals surface area contributed by atoms with Crippen LogP contribution in [0.2, 0.25) is 0 Å². The maximum absolute atomic E-state index is 5.93. The fourth-order valence-electron chi connectivity index (χ4n) is 3.45. The molecule has 7 nitrogen and oxygen atoms in total. The van der Waals surface area contributed by atoms with Gasteiger partial charge in [-0.3, -0.25) is 9.58 Å². The molecule has 0 radical (unpaired) electrons. The highest BCUT2D eigenvalue weighted by Crippen LogP contribution is 2.28. The van der Waals surface area contributed by atoms with Crippen LogP contribution in [0.3, 0.4) is 0 Å². The summed E-state index contributed by atoms with van der Waals surface area (Å²) in [6.45, 7) is 5.10. The maximum atomic E-state index is 5.93. The first-order chi connectivity index (χ1) is 12.3. The molecule has 1 aliphatic rings. The van der Waals surface area contributed by atoms with Crippen LogP contribution in [0.5, 0.6) is 0 Å². The van der Waals surface area contributed by atoms with Crippen molar-refractivity contribution in [3.8, 4) is 11.5 Å². The highest BCUT2D eigenvalue weighted by Gasteiger charge is 2.27. The molecule has 1 fully saturated rings. The van der Waals surface area contributed by atoms with E-state index in [4.69, 9.17) is 4.42 Å². The Labute approximate surface area is 146 Å². The van der Waals surface area contributed by atoms with E-state index in [2.05, 4.69) is 32.1 Å². The maximum Gasteiger partial charge on any atom is 0.247 e. The molecule has 0 amide bonds. The van der Waals surface area contributed by atoms with E-state index in [1.165, 1.54) is 12.8 Å². The van der Waals surface area contributed by atoms with Crippen LogP contribution in [0.4, 0.5) is 0 Å². The molecule has 0 N–H and O–H groups in total. The molecule has 1 aromatic carbocycles. The van der Waals surface area contributed by atoms with Crippen LogP contribution >= 0.6 is 0 Å². The molecule has 3 aromatic rings. The lowest BCUT2D eigenvalue weighted by molar-refractivity contribution is 0.107. The van der Waals surface area contributed by atoms with Gasteiger partial charge in [-0.25, -0.2) is 4.98 Å². The summed E-state index contributed by atoms with van der Waals surface area (Å²) in [6.07, 6.45) is 5.75. The summed E-state index contributed by atoms with van der Waals surface area (Å²) in [7, 11) is 0. The lowest BCUT2D eigenvalue weighted by Gasteiger charge is -2.35. The summed E-state index contributed by atoms with van der Waals surface area (Å²) in [6, 6.07) is 10.0. The van der Waals surface area contributed by atoms with E-state index in [9.17, 15) is 0 Å². The van der Waals surface area contributed by atoms with Gasteiger partial charge in [-0.2, -0.15) is 5.10 Å². The summed E-state index contributed by atoms with van der Waals surface area (Å²) in [4.78, 5) is 6.45. The number of aromatic nitrogens is 5. The largest absolute Gasteiger partial charge is 0.419 e. The van der Waals surface area contributed by atoms with Gasteiger partial charge in [0.25, 0.3) is 0 Å². The Bertz CT molecular complexity index is 785. The van der Waals surface area contributed by atoms with E-state index in [1.54, 1.807) is 12.7 Å². The Hall–Kier alpha value is -2.54. The lowest BCUT2D eigenvalue weighted by atomic mass is 9.97. The number of benzene rings is 1. The molecule has 0 aliphatic carbocycles. The second kappa shape index (κ2) is 7.14. The third-order valence-electron chi connectivity index (χ3n) is 4.83. The fraction of sp³-hybridized carbons (Fsp3) is 0.444. The van der Waals surface area contributed by atoms with E-state index < -0.39 is 0 Å². The van der Waals surface area contributed by atoms with Crippen molar-refractivity contribution in [2.45, 2.75) is 32.4 Å². The molecule has 0 spiro atoms. The Morgan fingerprint density at radius 1 is 1.24 bits per heavy atom. The van der Waals surface area contributed by atoms with Crippen molar-refractivity contribution in [1.29, 1.82) is 0 Å². The Kier molecular flexibility index (Phi) is 4.56. The van der Waals surface area contributed by atoms with Gasteiger partial charge in [0, 0.05) is 18.7 Å². The minimum Gasteiger partial charge on any atom is -0.419 e. The van der Waals surface area contributed by atoms with Crippen molar-refractivity contribution < 1.29 is 4.42 Å². The van der Waals surface area contributed by atoms with Gasteiger partial charge >= 0.3 is 0 Å². The lowest BCUT2D eigenvalue weighted by Crippen LogP contribution is -2.38. The van der Waals surface area contributed by atoms with Crippen LogP contribution in [0.1, 0.15) is 31.7 Å². The molecule has 0 unspecified atom stereocenters. The van der Waals surface area contributed by atoms with Gasteiger partial charge in [0.05, 0.1) is 6.04 Å². The quantitative estimate of drug-likeness (QED) is 0.712. The Morgan fingerprint density at radius 2 is 2.12 bits per heavy atom. The first-order valence-corrected chi connectivity index (χ1v) is 8.75. The van der Waals surface area contributed by atoms with Crippen LogP contribution in [-0.4, -0.2) is 43.0 Å². The van der Waals surface area contributed by atoms with Crippen molar-refractivity contribution in [2.24, 2.45) is 5.92 Å². The van der Waals surface area contributed by atoms with Crippen LogP contribution in [-0.2, 0) is 6.54 Å². The molecular formula is C18H22N6O. The zero-order valence-corrected chi connectivity index (χ0v) is 14.3. The number of rotatable bonds is 5. The van der Waals surface area contributed by atoms with Gasteiger partial charge < -0.3 is 4.42 Å². The van der Waals surface area contributed by atoms with Crippen LogP contribution in [0.25, 0.3) is 11.5 Å². The first kappa shape index (κ1) is 16.0. The average Bonchev–Trinajstić information content (AvgIpc) is 3.34. The standard InChI is InChI=1S/C18H22N6O/c1-14(17-21-22-18(25-17)16-7-3-2-4-8-16)23-9-5-6-15(10-23)11-24-13-19-12-20-24/h2-4,7-8,12-15H,5-6,9-11H2,1H3/t14-,15-/m1/s1. The van der Waals surface area contributed by atoms with Crippen molar-refractivity contribution >= 4 is 0 Å². The number of hydrogen-bond acceptors (Lipinski definition) is 6. The smallest absolute Gasteiger partial charge is 0.247 e. The van der Waals surface area contributed by atoms with E-state index in [-0.39, 0.29) is 6.04 Å². The molecule has 3 heterocycles. The Morgan fingerprint density at radius 3 is 2.92 bits per heavy atom. The number of likely N-dealkylation sites (tertiary alicyclic amines) is 1. The zero-order valence-electron chi connectivity index (χ0n) is 14.3. The summed E-state index contributed by atoms with van der Waals surface area (Å²) in [5, 5.41) is 12.7. The van der Waals surface area contributed by atoms with Gasteiger partial charge in [-0.15, -0.1) is 10.2 Å². The fourth-order valence-corrected chi connectivity index (χ4v) is 3.45. The third-order valence-corrected chi connectivity index (χ3v) is 4.83. The first-order valence-electron chi connectivity index (χ1n) is 8.75. The molecule has 0 bridgehead atoms. The molecule has 25 heavy (non-hydrogen) atoms. The normalized spacial score (nSPS) is 19.8.